The first-order valence-corrected chi connectivity index (χ1v) is 7.86. The van der Waals surface area contributed by atoms with Crippen molar-refractivity contribution < 1.29 is 13.2 Å². The SMILES string of the molecule is CNCc1ccc(S(=O)(=O)NCC2CC2)c(OC)c1. The molecule has 0 bridgehead atoms. The largest absolute Gasteiger partial charge is 0.495 e. The van der Waals surface area contributed by atoms with Crippen LogP contribution in [-0.4, -0.2) is 29.1 Å². The standard InChI is InChI=1S/C13H20N2O3S/c1-14-8-11-5-6-13(12(7-11)18-2)19(16,17)15-9-10-3-4-10/h5-7,10,14-15H,3-4,8-9H2,1-2H3. The van der Waals surface area contributed by atoms with E-state index >= 15 is 0 Å². The van der Waals surface area contributed by atoms with Crippen LogP contribution in [-0.2, 0) is 16.6 Å². The van der Waals surface area contributed by atoms with Crippen LogP contribution in [0.1, 0.15) is 18.4 Å². The van der Waals surface area contributed by atoms with E-state index in [9.17, 15) is 8.42 Å². The number of ether oxygens (including phenoxy) is 1. The van der Waals surface area contributed by atoms with Gasteiger partial charge in [-0.25, -0.2) is 13.1 Å². The summed E-state index contributed by atoms with van der Waals surface area (Å²) in [7, 11) is -0.159. The summed E-state index contributed by atoms with van der Waals surface area (Å²) in [5.41, 5.74) is 0.987. The van der Waals surface area contributed by atoms with Gasteiger partial charge in [-0.05, 0) is 43.5 Å². The number of hydrogen-bond donors (Lipinski definition) is 2. The van der Waals surface area contributed by atoms with Crippen molar-refractivity contribution in [3.05, 3.63) is 23.8 Å². The zero-order valence-corrected chi connectivity index (χ0v) is 12.1. The molecule has 1 fully saturated rings. The molecule has 2 rings (SSSR count). The summed E-state index contributed by atoms with van der Waals surface area (Å²) < 4.78 is 32.2. The zero-order chi connectivity index (χ0) is 13.9. The van der Waals surface area contributed by atoms with Gasteiger partial charge in [-0.2, -0.15) is 0 Å². The van der Waals surface area contributed by atoms with Gasteiger partial charge in [-0.15, -0.1) is 0 Å². The molecule has 6 heteroatoms. The molecular formula is C13H20N2O3S. The van der Waals surface area contributed by atoms with Gasteiger partial charge in [0.25, 0.3) is 0 Å². The number of methoxy groups -OCH3 is 1. The van der Waals surface area contributed by atoms with Crippen LogP contribution in [0.4, 0.5) is 0 Å². The number of nitrogens with one attached hydrogen (secondary N) is 2. The molecule has 2 N–H and O–H groups in total. The van der Waals surface area contributed by atoms with Crippen molar-refractivity contribution in [2.24, 2.45) is 5.92 Å². The van der Waals surface area contributed by atoms with E-state index in [4.69, 9.17) is 4.74 Å². The topological polar surface area (TPSA) is 67.4 Å². The number of rotatable bonds is 7. The lowest BCUT2D eigenvalue weighted by Crippen LogP contribution is -2.26. The lowest BCUT2D eigenvalue weighted by atomic mass is 10.2. The quantitative estimate of drug-likeness (QED) is 0.787. The molecular weight excluding hydrogens is 264 g/mol. The zero-order valence-electron chi connectivity index (χ0n) is 11.3. The van der Waals surface area contributed by atoms with Crippen LogP contribution in [0.15, 0.2) is 23.1 Å². The highest BCUT2D eigenvalue weighted by atomic mass is 32.2. The molecule has 0 aromatic heterocycles. The van der Waals surface area contributed by atoms with Crippen molar-refractivity contribution in [2.75, 3.05) is 20.7 Å². The second kappa shape index (κ2) is 5.90. The molecule has 19 heavy (non-hydrogen) atoms. The Morgan fingerprint density at radius 3 is 2.68 bits per heavy atom. The first kappa shape index (κ1) is 14.3. The molecule has 5 nitrogen and oxygen atoms in total. The summed E-state index contributed by atoms with van der Waals surface area (Å²) in [6, 6.07) is 5.15. The van der Waals surface area contributed by atoms with Crippen molar-refractivity contribution in [1.82, 2.24) is 10.0 Å². The molecule has 0 saturated heterocycles. The van der Waals surface area contributed by atoms with Crippen molar-refractivity contribution >= 4 is 10.0 Å². The van der Waals surface area contributed by atoms with Crippen LogP contribution in [0.2, 0.25) is 0 Å². The molecule has 106 valence electrons. The highest BCUT2D eigenvalue weighted by Crippen LogP contribution is 2.29. The summed E-state index contributed by atoms with van der Waals surface area (Å²) >= 11 is 0. The van der Waals surface area contributed by atoms with Gasteiger partial charge < -0.3 is 10.1 Å². The molecule has 1 aliphatic rings. The van der Waals surface area contributed by atoms with Gasteiger partial charge in [-0.3, -0.25) is 0 Å². The van der Waals surface area contributed by atoms with Crippen LogP contribution >= 0.6 is 0 Å². The Bertz CT molecular complexity index is 539. The lowest BCUT2D eigenvalue weighted by Gasteiger charge is -2.12. The van der Waals surface area contributed by atoms with Crippen LogP contribution in [0.3, 0.4) is 0 Å². The molecule has 0 spiro atoms. The van der Waals surface area contributed by atoms with E-state index in [1.165, 1.54) is 7.11 Å². The van der Waals surface area contributed by atoms with Crippen LogP contribution in [0.25, 0.3) is 0 Å². The number of benzene rings is 1. The highest BCUT2D eigenvalue weighted by Gasteiger charge is 2.25. The van der Waals surface area contributed by atoms with E-state index in [-0.39, 0.29) is 4.90 Å². The Balaban J connectivity index is 2.21. The lowest BCUT2D eigenvalue weighted by molar-refractivity contribution is 0.401. The molecule has 1 aliphatic carbocycles. The van der Waals surface area contributed by atoms with Crippen molar-refractivity contribution in [2.45, 2.75) is 24.3 Å². The minimum Gasteiger partial charge on any atom is -0.495 e. The van der Waals surface area contributed by atoms with E-state index in [1.54, 1.807) is 18.2 Å². The van der Waals surface area contributed by atoms with Gasteiger partial charge in [0.15, 0.2) is 0 Å². The maximum Gasteiger partial charge on any atom is 0.244 e. The van der Waals surface area contributed by atoms with Gasteiger partial charge in [0.05, 0.1) is 7.11 Å². The third-order valence-electron chi connectivity index (χ3n) is 3.16. The fraction of sp³-hybridized carbons (Fsp3) is 0.538. The van der Waals surface area contributed by atoms with Gasteiger partial charge in [0, 0.05) is 13.1 Å². The predicted octanol–water partition coefficient (Wildman–Crippen LogP) is 1.10. The molecule has 1 aromatic carbocycles. The van der Waals surface area contributed by atoms with Crippen LogP contribution in [0, 0.1) is 5.92 Å². The first-order chi connectivity index (χ1) is 9.06. The van der Waals surface area contributed by atoms with Gasteiger partial charge in [0.1, 0.15) is 10.6 Å². The van der Waals surface area contributed by atoms with E-state index in [1.807, 2.05) is 7.05 Å². The summed E-state index contributed by atoms with van der Waals surface area (Å²) in [4.78, 5) is 0.204. The number of hydrogen-bond acceptors (Lipinski definition) is 4. The normalized spacial score (nSPS) is 15.5. The van der Waals surface area contributed by atoms with E-state index in [0.717, 1.165) is 18.4 Å². The first-order valence-electron chi connectivity index (χ1n) is 6.38. The molecule has 0 heterocycles. The van der Waals surface area contributed by atoms with Gasteiger partial charge in [0.2, 0.25) is 10.0 Å². The van der Waals surface area contributed by atoms with Crippen molar-refractivity contribution in [3.8, 4) is 5.75 Å². The Hall–Kier alpha value is -1.11. The van der Waals surface area contributed by atoms with Crippen molar-refractivity contribution in [1.29, 1.82) is 0 Å². The van der Waals surface area contributed by atoms with Gasteiger partial charge in [-0.1, -0.05) is 6.07 Å². The van der Waals surface area contributed by atoms with E-state index < -0.39 is 10.0 Å². The smallest absolute Gasteiger partial charge is 0.244 e. The maximum atomic E-state index is 12.2. The third kappa shape index (κ3) is 3.68. The molecule has 0 atom stereocenters. The molecule has 0 aliphatic heterocycles. The summed E-state index contributed by atoms with van der Waals surface area (Å²) in [6.07, 6.45) is 2.22. The van der Waals surface area contributed by atoms with Crippen LogP contribution in [0.5, 0.6) is 5.75 Å². The molecule has 0 amide bonds. The summed E-state index contributed by atoms with van der Waals surface area (Å²) in [5.74, 6) is 0.889. The third-order valence-corrected chi connectivity index (χ3v) is 4.62. The monoisotopic (exact) mass is 284 g/mol. The number of sulfonamides is 1. The minimum atomic E-state index is -3.49. The minimum absolute atomic E-state index is 0.204. The Morgan fingerprint density at radius 2 is 2.11 bits per heavy atom. The summed E-state index contributed by atoms with van der Waals surface area (Å²) in [5, 5.41) is 3.02. The predicted molar refractivity (Wildman–Crippen MR) is 73.7 cm³/mol. The second-order valence-electron chi connectivity index (χ2n) is 4.81. The Morgan fingerprint density at radius 1 is 1.37 bits per heavy atom. The Kier molecular flexibility index (Phi) is 4.44. The average Bonchev–Trinajstić information content (AvgIpc) is 3.20. The van der Waals surface area contributed by atoms with E-state index in [0.29, 0.717) is 24.8 Å². The molecule has 0 radical (unpaired) electrons. The highest BCUT2D eigenvalue weighted by molar-refractivity contribution is 7.89. The molecule has 0 unspecified atom stereocenters. The molecule has 1 aromatic rings. The maximum absolute atomic E-state index is 12.2. The fourth-order valence-electron chi connectivity index (χ4n) is 1.88. The van der Waals surface area contributed by atoms with Crippen LogP contribution < -0.4 is 14.8 Å². The van der Waals surface area contributed by atoms with Crippen molar-refractivity contribution in [3.63, 3.8) is 0 Å². The Labute approximate surface area is 114 Å². The van der Waals surface area contributed by atoms with E-state index in [2.05, 4.69) is 10.0 Å². The fourth-order valence-corrected chi connectivity index (χ4v) is 3.14. The summed E-state index contributed by atoms with van der Waals surface area (Å²) in [6.45, 7) is 1.19. The van der Waals surface area contributed by atoms with Gasteiger partial charge >= 0.3 is 0 Å². The molecule has 1 saturated carbocycles. The average molecular weight is 284 g/mol. The second-order valence-corrected chi connectivity index (χ2v) is 6.55.